The summed E-state index contributed by atoms with van der Waals surface area (Å²) in [5, 5.41) is 8.15. The molecule has 0 amide bonds. The van der Waals surface area contributed by atoms with Gasteiger partial charge in [-0.2, -0.15) is 0 Å². The van der Waals surface area contributed by atoms with Crippen LogP contribution >= 0.6 is 27.7 Å². The van der Waals surface area contributed by atoms with E-state index in [9.17, 15) is 0 Å². The van der Waals surface area contributed by atoms with Gasteiger partial charge in [0, 0.05) is 10.0 Å². The van der Waals surface area contributed by atoms with Crippen LogP contribution in [0.15, 0.2) is 28.7 Å². The largest absolute Gasteiger partial charge is 0.293 e. The minimum Gasteiger partial charge on any atom is -0.293 e. The summed E-state index contributed by atoms with van der Waals surface area (Å²) in [6, 6.07) is 7.76. The van der Waals surface area contributed by atoms with Crippen LogP contribution in [0, 0.1) is 5.41 Å². The summed E-state index contributed by atoms with van der Waals surface area (Å²) in [6.45, 7) is 0. The van der Waals surface area contributed by atoms with Gasteiger partial charge in [-0.05, 0) is 12.3 Å². The standard InChI is InChI=1S/C8H8BrNS/c1-11-8(10)6-4-2-3-5-7(6)9/h2-5,10H,1H3. The lowest BCUT2D eigenvalue weighted by molar-refractivity contribution is 1.51. The summed E-state index contributed by atoms with van der Waals surface area (Å²) >= 11 is 4.83. The quantitative estimate of drug-likeness (QED) is 0.581. The molecule has 1 aromatic carbocycles. The van der Waals surface area contributed by atoms with Crippen LogP contribution in [-0.4, -0.2) is 11.3 Å². The third-order valence-corrected chi connectivity index (χ3v) is 2.64. The fourth-order valence-electron chi connectivity index (χ4n) is 0.755. The molecule has 0 saturated carbocycles. The van der Waals surface area contributed by atoms with Gasteiger partial charge >= 0.3 is 0 Å². The van der Waals surface area contributed by atoms with Crippen molar-refractivity contribution in [2.24, 2.45) is 0 Å². The lowest BCUT2D eigenvalue weighted by Crippen LogP contribution is -1.92. The van der Waals surface area contributed by atoms with Crippen LogP contribution in [0.25, 0.3) is 0 Å². The molecule has 0 heterocycles. The van der Waals surface area contributed by atoms with Crippen LogP contribution in [0.5, 0.6) is 0 Å². The van der Waals surface area contributed by atoms with Gasteiger partial charge in [0.1, 0.15) is 0 Å². The van der Waals surface area contributed by atoms with Gasteiger partial charge in [-0.3, -0.25) is 5.41 Å². The summed E-state index contributed by atoms with van der Waals surface area (Å²) in [5.41, 5.74) is 0.958. The fourth-order valence-corrected chi connectivity index (χ4v) is 1.77. The third kappa shape index (κ3) is 2.07. The Morgan fingerprint density at radius 1 is 1.45 bits per heavy atom. The second-order valence-corrected chi connectivity index (χ2v) is 3.68. The smallest absolute Gasteiger partial charge is 0.0951 e. The maximum absolute atomic E-state index is 7.55. The zero-order valence-electron chi connectivity index (χ0n) is 6.10. The monoisotopic (exact) mass is 229 g/mol. The number of halogens is 1. The molecule has 3 heteroatoms. The van der Waals surface area contributed by atoms with E-state index in [0.29, 0.717) is 5.04 Å². The normalized spacial score (nSPS) is 9.64. The molecule has 0 unspecified atom stereocenters. The number of thioether (sulfide) groups is 1. The van der Waals surface area contributed by atoms with Crippen molar-refractivity contribution >= 4 is 32.7 Å². The highest BCUT2D eigenvalue weighted by Crippen LogP contribution is 2.19. The molecule has 0 spiro atoms. The van der Waals surface area contributed by atoms with E-state index in [1.807, 2.05) is 30.5 Å². The zero-order chi connectivity index (χ0) is 8.27. The van der Waals surface area contributed by atoms with E-state index in [4.69, 9.17) is 5.41 Å². The molecule has 11 heavy (non-hydrogen) atoms. The van der Waals surface area contributed by atoms with Gasteiger partial charge < -0.3 is 0 Å². The second kappa shape index (κ2) is 3.93. The molecular formula is C8H8BrNS. The minimum absolute atomic E-state index is 0.595. The molecule has 1 rings (SSSR count). The molecule has 1 nitrogen and oxygen atoms in total. The Morgan fingerprint density at radius 3 is 2.64 bits per heavy atom. The first-order valence-electron chi connectivity index (χ1n) is 3.13. The molecule has 0 saturated heterocycles. The van der Waals surface area contributed by atoms with E-state index in [2.05, 4.69) is 15.9 Å². The Balaban J connectivity index is 3.03. The van der Waals surface area contributed by atoms with Crippen molar-refractivity contribution in [3.05, 3.63) is 34.3 Å². The van der Waals surface area contributed by atoms with E-state index >= 15 is 0 Å². The van der Waals surface area contributed by atoms with Crippen LogP contribution in [0.3, 0.4) is 0 Å². The summed E-state index contributed by atoms with van der Waals surface area (Å²) in [5.74, 6) is 0. The average molecular weight is 230 g/mol. The predicted molar refractivity (Wildman–Crippen MR) is 54.5 cm³/mol. The highest BCUT2D eigenvalue weighted by molar-refractivity contribution is 9.10. The lowest BCUT2D eigenvalue weighted by Gasteiger charge is -2.01. The SMILES string of the molecule is CSC(=N)c1ccccc1Br. The van der Waals surface area contributed by atoms with Crippen LogP contribution in [0.2, 0.25) is 0 Å². The van der Waals surface area contributed by atoms with E-state index < -0.39 is 0 Å². The number of hydrogen-bond donors (Lipinski definition) is 1. The van der Waals surface area contributed by atoms with Gasteiger partial charge in [-0.1, -0.05) is 34.1 Å². The second-order valence-electron chi connectivity index (χ2n) is 2.01. The first-order chi connectivity index (χ1) is 5.25. The van der Waals surface area contributed by atoms with E-state index in [0.717, 1.165) is 10.0 Å². The van der Waals surface area contributed by atoms with Gasteiger partial charge in [0.2, 0.25) is 0 Å². The first kappa shape index (κ1) is 8.81. The Morgan fingerprint density at radius 2 is 2.09 bits per heavy atom. The molecule has 0 aliphatic heterocycles. The number of nitrogens with one attached hydrogen (secondary N) is 1. The topological polar surface area (TPSA) is 23.9 Å². The Labute approximate surface area is 78.8 Å². The maximum atomic E-state index is 7.55. The molecule has 0 aromatic heterocycles. The molecule has 58 valence electrons. The third-order valence-electron chi connectivity index (χ3n) is 1.32. The summed E-state index contributed by atoms with van der Waals surface area (Å²) < 4.78 is 0.986. The fraction of sp³-hybridized carbons (Fsp3) is 0.125. The van der Waals surface area contributed by atoms with E-state index in [1.54, 1.807) is 0 Å². The molecule has 0 aliphatic carbocycles. The predicted octanol–water partition coefficient (Wildman–Crippen LogP) is 3.14. The number of hydrogen-bond acceptors (Lipinski definition) is 2. The highest BCUT2D eigenvalue weighted by atomic mass is 79.9. The molecule has 0 radical (unpaired) electrons. The molecule has 0 aliphatic rings. The Kier molecular flexibility index (Phi) is 3.15. The molecule has 1 aromatic rings. The summed E-state index contributed by atoms with van der Waals surface area (Å²) in [4.78, 5) is 0. The molecule has 1 N–H and O–H groups in total. The van der Waals surface area contributed by atoms with Crippen molar-refractivity contribution in [2.45, 2.75) is 0 Å². The summed E-state index contributed by atoms with van der Waals surface area (Å²) in [6.07, 6.45) is 1.90. The molecule has 0 atom stereocenters. The van der Waals surface area contributed by atoms with Crippen LogP contribution in [-0.2, 0) is 0 Å². The van der Waals surface area contributed by atoms with Gasteiger partial charge in [0.05, 0.1) is 5.04 Å². The van der Waals surface area contributed by atoms with E-state index in [-0.39, 0.29) is 0 Å². The molecule has 0 bridgehead atoms. The number of rotatable bonds is 1. The van der Waals surface area contributed by atoms with Crippen molar-refractivity contribution in [1.82, 2.24) is 0 Å². The molecule has 0 fully saturated rings. The van der Waals surface area contributed by atoms with Crippen LogP contribution < -0.4 is 0 Å². The van der Waals surface area contributed by atoms with Crippen LogP contribution in [0.4, 0.5) is 0 Å². The highest BCUT2D eigenvalue weighted by Gasteiger charge is 2.01. The van der Waals surface area contributed by atoms with Gasteiger partial charge in [-0.15, -0.1) is 11.8 Å². The van der Waals surface area contributed by atoms with Crippen molar-refractivity contribution in [2.75, 3.05) is 6.26 Å². The van der Waals surface area contributed by atoms with Crippen molar-refractivity contribution < 1.29 is 0 Å². The van der Waals surface area contributed by atoms with Crippen LogP contribution in [0.1, 0.15) is 5.56 Å². The molecular weight excluding hydrogens is 222 g/mol. The Bertz CT molecular complexity index is 273. The zero-order valence-corrected chi connectivity index (χ0v) is 8.50. The first-order valence-corrected chi connectivity index (χ1v) is 5.15. The average Bonchev–Trinajstić information content (AvgIpc) is 2.04. The summed E-state index contributed by atoms with van der Waals surface area (Å²) in [7, 11) is 0. The lowest BCUT2D eigenvalue weighted by atomic mass is 10.2. The van der Waals surface area contributed by atoms with Crippen molar-refractivity contribution in [3.8, 4) is 0 Å². The maximum Gasteiger partial charge on any atom is 0.0951 e. The van der Waals surface area contributed by atoms with Crippen molar-refractivity contribution in [1.29, 1.82) is 5.41 Å². The Hall–Kier alpha value is -0.280. The van der Waals surface area contributed by atoms with E-state index in [1.165, 1.54) is 11.8 Å². The minimum atomic E-state index is 0.595. The van der Waals surface area contributed by atoms with Gasteiger partial charge in [0.25, 0.3) is 0 Å². The van der Waals surface area contributed by atoms with Crippen molar-refractivity contribution in [3.63, 3.8) is 0 Å². The van der Waals surface area contributed by atoms with Gasteiger partial charge in [0.15, 0.2) is 0 Å². The number of benzene rings is 1. The van der Waals surface area contributed by atoms with Gasteiger partial charge in [-0.25, -0.2) is 0 Å².